The van der Waals surface area contributed by atoms with Crippen molar-refractivity contribution in [3.05, 3.63) is 0 Å². The van der Waals surface area contributed by atoms with Gasteiger partial charge in [0, 0.05) is 25.2 Å². The first-order chi connectivity index (χ1) is 7.15. The first kappa shape index (κ1) is 12.3. The van der Waals surface area contributed by atoms with Gasteiger partial charge in [-0.2, -0.15) is 0 Å². The zero-order valence-corrected chi connectivity index (χ0v) is 9.70. The second kappa shape index (κ2) is 5.95. The Labute approximate surface area is 91.6 Å². The van der Waals surface area contributed by atoms with Crippen molar-refractivity contribution >= 4 is 6.03 Å². The minimum absolute atomic E-state index is 0.0168. The molecule has 0 aliphatic heterocycles. The predicted octanol–water partition coefficient (Wildman–Crippen LogP) is 1.34. The molecule has 4 nitrogen and oxygen atoms in total. The lowest BCUT2D eigenvalue weighted by atomic mass is 9.91. The summed E-state index contributed by atoms with van der Waals surface area (Å²) in [5.74, 6) is 0. The van der Waals surface area contributed by atoms with Crippen LogP contribution < -0.4 is 5.32 Å². The smallest absolute Gasteiger partial charge is 0.317 e. The quantitative estimate of drug-likeness (QED) is 0.725. The molecule has 1 saturated carbocycles. The van der Waals surface area contributed by atoms with Crippen LogP contribution in [0, 0.1) is 0 Å². The first-order valence-corrected chi connectivity index (χ1v) is 5.83. The number of aliphatic hydroxyl groups is 1. The molecule has 0 aromatic heterocycles. The number of hydrogen-bond acceptors (Lipinski definition) is 2. The van der Waals surface area contributed by atoms with Gasteiger partial charge in [0.05, 0.1) is 0 Å². The Hall–Kier alpha value is -0.770. The van der Waals surface area contributed by atoms with E-state index in [1.807, 2.05) is 18.7 Å². The van der Waals surface area contributed by atoms with Crippen LogP contribution in [0.15, 0.2) is 0 Å². The number of urea groups is 1. The Morgan fingerprint density at radius 3 is 2.60 bits per heavy atom. The van der Waals surface area contributed by atoms with E-state index in [1.54, 1.807) is 0 Å². The summed E-state index contributed by atoms with van der Waals surface area (Å²) in [6.07, 6.45) is 4.10. The number of nitrogens with zero attached hydrogens (tertiary/aromatic N) is 1. The highest BCUT2D eigenvalue weighted by Crippen LogP contribution is 2.24. The Morgan fingerprint density at radius 2 is 2.20 bits per heavy atom. The number of carbonyl (C=O) groups excluding carboxylic acids is 1. The topological polar surface area (TPSA) is 52.6 Å². The van der Waals surface area contributed by atoms with Gasteiger partial charge in [-0.05, 0) is 39.5 Å². The highest BCUT2D eigenvalue weighted by atomic mass is 16.3. The van der Waals surface area contributed by atoms with Gasteiger partial charge in [-0.15, -0.1) is 0 Å². The van der Waals surface area contributed by atoms with Crippen LogP contribution in [0.5, 0.6) is 0 Å². The third-order valence-electron chi connectivity index (χ3n) is 2.75. The molecule has 0 radical (unpaired) electrons. The van der Waals surface area contributed by atoms with Crippen LogP contribution in [0.2, 0.25) is 0 Å². The van der Waals surface area contributed by atoms with Crippen LogP contribution in [0.25, 0.3) is 0 Å². The lowest BCUT2D eigenvalue weighted by molar-refractivity contribution is 0.129. The van der Waals surface area contributed by atoms with E-state index in [4.69, 9.17) is 5.11 Å². The molecule has 4 heteroatoms. The monoisotopic (exact) mass is 214 g/mol. The maximum absolute atomic E-state index is 11.8. The van der Waals surface area contributed by atoms with Crippen LogP contribution in [0.1, 0.15) is 39.5 Å². The van der Waals surface area contributed by atoms with E-state index in [2.05, 4.69) is 5.32 Å². The summed E-state index contributed by atoms with van der Waals surface area (Å²) in [7, 11) is 0. The molecule has 1 rings (SSSR count). The number of amides is 2. The molecule has 0 unspecified atom stereocenters. The van der Waals surface area contributed by atoms with E-state index in [9.17, 15) is 4.79 Å². The van der Waals surface area contributed by atoms with Gasteiger partial charge in [-0.3, -0.25) is 0 Å². The molecule has 88 valence electrons. The van der Waals surface area contributed by atoms with Gasteiger partial charge in [0.1, 0.15) is 0 Å². The molecule has 2 amide bonds. The van der Waals surface area contributed by atoms with Gasteiger partial charge in [0.2, 0.25) is 0 Å². The van der Waals surface area contributed by atoms with E-state index >= 15 is 0 Å². The Kier molecular flexibility index (Phi) is 4.88. The van der Waals surface area contributed by atoms with E-state index < -0.39 is 0 Å². The standard InChI is InChI=1S/C11H22N2O2/c1-9(2)12-11(15)13(7-4-8-14)10-5-3-6-10/h9-10,14H,3-8H2,1-2H3,(H,12,15). The van der Waals surface area contributed by atoms with Crippen molar-refractivity contribution in [2.24, 2.45) is 0 Å². The first-order valence-electron chi connectivity index (χ1n) is 5.83. The second-order valence-corrected chi connectivity index (χ2v) is 4.46. The average molecular weight is 214 g/mol. The Morgan fingerprint density at radius 1 is 1.53 bits per heavy atom. The molecule has 1 fully saturated rings. The minimum Gasteiger partial charge on any atom is -0.396 e. The molecule has 2 N–H and O–H groups in total. The molecular weight excluding hydrogens is 192 g/mol. The van der Waals surface area contributed by atoms with Gasteiger partial charge < -0.3 is 15.3 Å². The molecule has 0 spiro atoms. The van der Waals surface area contributed by atoms with Crippen molar-refractivity contribution in [1.29, 1.82) is 0 Å². The van der Waals surface area contributed by atoms with Crippen molar-refractivity contribution in [3.8, 4) is 0 Å². The summed E-state index contributed by atoms with van der Waals surface area (Å²) in [6.45, 7) is 4.74. The normalized spacial score (nSPS) is 16.3. The van der Waals surface area contributed by atoms with Crippen LogP contribution in [0.3, 0.4) is 0 Å². The van der Waals surface area contributed by atoms with Gasteiger partial charge >= 0.3 is 6.03 Å². The summed E-state index contributed by atoms with van der Waals surface area (Å²) < 4.78 is 0. The van der Waals surface area contributed by atoms with Crippen LogP contribution >= 0.6 is 0 Å². The van der Waals surface area contributed by atoms with Crippen molar-refractivity contribution in [2.75, 3.05) is 13.2 Å². The van der Waals surface area contributed by atoms with Crippen molar-refractivity contribution < 1.29 is 9.90 Å². The average Bonchev–Trinajstić information content (AvgIpc) is 2.07. The second-order valence-electron chi connectivity index (χ2n) is 4.46. The SMILES string of the molecule is CC(C)NC(=O)N(CCCO)C1CCC1. The molecule has 1 aliphatic rings. The number of carbonyl (C=O) groups is 1. The maximum Gasteiger partial charge on any atom is 0.317 e. The number of aliphatic hydroxyl groups excluding tert-OH is 1. The van der Waals surface area contributed by atoms with Gasteiger partial charge in [0.15, 0.2) is 0 Å². The number of nitrogens with one attached hydrogen (secondary N) is 1. The van der Waals surface area contributed by atoms with E-state index in [0.717, 1.165) is 12.8 Å². The number of hydrogen-bond donors (Lipinski definition) is 2. The fraction of sp³-hybridized carbons (Fsp3) is 0.909. The Bertz CT molecular complexity index is 203. The van der Waals surface area contributed by atoms with Crippen LogP contribution in [0.4, 0.5) is 4.79 Å². The summed E-state index contributed by atoms with van der Waals surface area (Å²) in [6, 6.07) is 0.590. The fourth-order valence-corrected chi connectivity index (χ4v) is 1.72. The summed E-state index contributed by atoms with van der Waals surface area (Å²) in [5, 5.41) is 11.7. The molecular formula is C11H22N2O2. The molecule has 1 aliphatic carbocycles. The number of rotatable bonds is 5. The fourth-order valence-electron chi connectivity index (χ4n) is 1.72. The lowest BCUT2D eigenvalue weighted by Crippen LogP contribution is -2.51. The maximum atomic E-state index is 11.8. The zero-order chi connectivity index (χ0) is 11.3. The molecule has 15 heavy (non-hydrogen) atoms. The third kappa shape index (κ3) is 3.70. The van der Waals surface area contributed by atoms with Crippen LogP contribution in [-0.2, 0) is 0 Å². The summed E-state index contributed by atoms with van der Waals surface area (Å²) in [5.41, 5.74) is 0. The van der Waals surface area contributed by atoms with Crippen molar-refractivity contribution in [1.82, 2.24) is 10.2 Å². The summed E-state index contributed by atoms with van der Waals surface area (Å²) in [4.78, 5) is 13.7. The van der Waals surface area contributed by atoms with Crippen molar-refractivity contribution in [3.63, 3.8) is 0 Å². The highest BCUT2D eigenvalue weighted by Gasteiger charge is 2.28. The Balaban J connectivity index is 2.42. The molecule has 0 aromatic rings. The van der Waals surface area contributed by atoms with Gasteiger partial charge in [0.25, 0.3) is 0 Å². The van der Waals surface area contributed by atoms with E-state index in [1.165, 1.54) is 6.42 Å². The predicted molar refractivity (Wildman–Crippen MR) is 59.7 cm³/mol. The molecule has 0 aromatic carbocycles. The largest absolute Gasteiger partial charge is 0.396 e. The highest BCUT2D eigenvalue weighted by molar-refractivity contribution is 5.74. The van der Waals surface area contributed by atoms with Gasteiger partial charge in [-0.1, -0.05) is 0 Å². The van der Waals surface area contributed by atoms with Crippen molar-refractivity contribution in [2.45, 2.75) is 51.6 Å². The van der Waals surface area contributed by atoms with E-state index in [0.29, 0.717) is 19.0 Å². The zero-order valence-electron chi connectivity index (χ0n) is 9.70. The lowest BCUT2D eigenvalue weighted by Gasteiger charge is -2.37. The molecule has 0 atom stereocenters. The minimum atomic E-state index is 0.0168. The molecule has 0 bridgehead atoms. The van der Waals surface area contributed by atoms with Crippen LogP contribution in [-0.4, -0.2) is 41.3 Å². The summed E-state index contributed by atoms with van der Waals surface area (Å²) >= 11 is 0. The molecule has 0 saturated heterocycles. The van der Waals surface area contributed by atoms with Gasteiger partial charge in [-0.25, -0.2) is 4.79 Å². The third-order valence-corrected chi connectivity index (χ3v) is 2.75. The molecule has 0 heterocycles. The van der Waals surface area contributed by atoms with E-state index in [-0.39, 0.29) is 18.7 Å².